The van der Waals surface area contributed by atoms with Crippen LogP contribution in [0.1, 0.15) is 26.7 Å². The standard InChI is InChI=1S/C15H19ClN2O3S/c1-3-13(4-2)22(20,21)17-15(19)10-18-8-7-11-5-6-12(16)9-14(11)18/h5-9,13H,3-4,10H2,1-2H3,(H,17,19). The van der Waals surface area contributed by atoms with Crippen LogP contribution in [0.3, 0.4) is 0 Å². The second kappa shape index (κ2) is 6.71. The van der Waals surface area contributed by atoms with Crippen molar-refractivity contribution < 1.29 is 13.2 Å². The molecule has 0 unspecified atom stereocenters. The summed E-state index contributed by atoms with van der Waals surface area (Å²) in [7, 11) is -3.63. The predicted molar refractivity (Wildman–Crippen MR) is 88.4 cm³/mol. The number of carbonyl (C=O) groups is 1. The lowest BCUT2D eigenvalue weighted by molar-refractivity contribution is -0.119. The minimum absolute atomic E-state index is 0.0662. The molecule has 0 atom stereocenters. The molecule has 1 aromatic heterocycles. The van der Waals surface area contributed by atoms with Gasteiger partial charge in [0.15, 0.2) is 0 Å². The molecule has 22 heavy (non-hydrogen) atoms. The molecule has 7 heteroatoms. The van der Waals surface area contributed by atoms with Crippen molar-refractivity contribution in [3.8, 4) is 0 Å². The Morgan fingerprint density at radius 3 is 2.59 bits per heavy atom. The number of fused-ring (bicyclic) bond motifs is 1. The summed E-state index contributed by atoms with van der Waals surface area (Å²) in [6.07, 6.45) is 2.69. The molecule has 0 spiro atoms. The number of carbonyl (C=O) groups excluding carboxylic acids is 1. The summed E-state index contributed by atoms with van der Waals surface area (Å²) >= 11 is 5.96. The van der Waals surface area contributed by atoms with E-state index in [1.54, 1.807) is 36.7 Å². The largest absolute Gasteiger partial charge is 0.338 e. The summed E-state index contributed by atoms with van der Waals surface area (Å²) in [5, 5.41) is 0.963. The molecule has 1 N–H and O–H groups in total. The second-order valence-corrected chi connectivity index (χ2v) is 7.55. The minimum atomic E-state index is -3.63. The number of nitrogens with zero attached hydrogens (tertiary/aromatic N) is 1. The van der Waals surface area contributed by atoms with E-state index >= 15 is 0 Å². The SMILES string of the molecule is CCC(CC)S(=O)(=O)NC(=O)Cn1ccc2ccc(Cl)cc21. The summed E-state index contributed by atoms with van der Waals surface area (Å²) in [5.74, 6) is -0.552. The van der Waals surface area contributed by atoms with E-state index in [-0.39, 0.29) is 6.54 Å². The Hall–Kier alpha value is -1.53. The molecule has 120 valence electrons. The molecule has 0 aliphatic heterocycles. The molecular weight excluding hydrogens is 324 g/mol. The van der Waals surface area contributed by atoms with E-state index < -0.39 is 21.2 Å². The van der Waals surface area contributed by atoms with Crippen LogP contribution < -0.4 is 4.72 Å². The maximum Gasteiger partial charge on any atom is 0.253 e. The maximum atomic E-state index is 12.1. The van der Waals surface area contributed by atoms with Gasteiger partial charge in [-0.25, -0.2) is 8.42 Å². The molecule has 0 bridgehead atoms. The monoisotopic (exact) mass is 342 g/mol. The fourth-order valence-electron chi connectivity index (χ4n) is 2.45. The lowest BCUT2D eigenvalue weighted by Gasteiger charge is -2.15. The summed E-state index contributed by atoms with van der Waals surface area (Å²) in [6, 6.07) is 7.23. The van der Waals surface area contributed by atoms with Crippen molar-refractivity contribution in [1.29, 1.82) is 0 Å². The highest BCUT2D eigenvalue weighted by molar-refractivity contribution is 7.90. The zero-order valence-corrected chi connectivity index (χ0v) is 14.1. The molecule has 1 heterocycles. The average molecular weight is 343 g/mol. The van der Waals surface area contributed by atoms with Crippen molar-refractivity contribution in [3.05, 3.63) is 35.5 Å². The van der Waals surface area contributed by atoms with Gasteiger partial charge in [-0.15, -0.1) is 0 Å². The predicted octanol–water partition coefficient (Wildman–Crippen LogP) is 2.93. The number of benzene rings is 1. The van der Waals surface area contributed by atoms with Crippen molar-refractivity contribution in [2.24, 2.45) is 0 Å². The normalized spacial score (nSPS) is 12.0. The Balaban J connectivity index is 2.16. The lowest BCUT2D eigenvalue weighted by Crippen LogP contribution is -2.39. The Morgan fingerprint density at radius 1 is 1.27 bits per heavy atom. The van der Waals surface area contributed by atoms with Gasteiger partial charge in [-0.2, -0.15) is 0 Å². The molecule has 5 nitrogen and oxygen atoms in total. The van der Waals surface area contributed by atoms with Gasteiger partial charge < -0.3 is 4.57 Å². The summed E-state index contributed by atoms with van der Waals surface area (Å²) in [6.45, 7) is 3.52. The van der Waals surface area contributed by atoms with E-state index in [1.807, 2.05) is 12.1 Å². The molecule has 0 saturated carbocycles. The second-order valence-electron chi connectivity index (χ2n) is 5.16. The highest BCUT2D eigenvalue weighted by atomic mass is 35.5. The van der Waals surface area contributed by atoms with E-state index in [0.29, 0.717) is 17.9 Å². The van der Waals surface area contributed by atoms with Gasteiger partial charge in [0.05, 0.1) is 5.25 Å². The third-order valence-electron chi connectivity index (χ3n) is 3.66. The van der Waals surface area contributed by atoms with Crippen molar-refractivity contribution in [3.63, 3.8) is 0 Å². The average Bonchev–Trinajstić information content (AvgIpc) is 2.81. The smallest absolute Gasteiger partial charge is 0.253 e. The van der Waals surface area contributed by atoms with Gasteiger partial charge in [0.1, 0.15) is 6.54 Å². The fourth-order valence-corrected chi connectivity index (χ4v) is 4.04. The molecule has 0 aliphatic rings. The topological polar surface area (TPSA) is 68.2 Å². The first kappa shape index (κ1) is 16.8. The Morgan fingerprint density at radius 2 is 1.95 bits per heavy atom. The Kier molecular flexibility index (Phi) is 5.13. The number of rotatable bonds is 6. The van der Waals surface area contributed by atoms with E-state index in [2.05, 4.69) is 4.72 Å². The van der Waals surface area contributed by atoms with Crippen LogP contribution in [0.2, 0.25) is 5.02 Å². The highest BCUT2D eigenvalue weighted by Gasteiger charge is 2.24. The lowest BCUT2D eigenvalue weighted by atomic mass is 10.2. The van der Waals surface area contributed by atoms with Crippen LogP contribution in [0.4, 0.5) is 0 Å². The van der Waals surface area contributed by atoms with Crippen LogP contribution in [-0.2, 0) is 21.4 Å². The molecular formula is C15H19ClN2O3S. The first-order chi connectivity index (χ1) is 10.4. The van der Waals surface area contributed by atoms with Gasteiger partial charge in [0.2, 0.25) is 10.0 Å². The highest BCUT2D eigenvalue weighted by Crippen LogP contribution is 2.20. The van der Waals surface area contributed by atoms with Crippen LogP contribution in [0, 0.1) is 0 Å². The van der Waals surface area contributed by atoms with E-state index in [4.69, 9.17) is 11.6 Å². The Bertz CT molecular complexity index is 779. The molecule has 0 radical (unpaired) electrons. The number of sulfonamides is 1. The van der Waals surface area contributed by atoms with Crippen LogP contribution >= 0.6 is 11.6 Å². The van der Waals surface area contributed by atoms with Crippen molar-refractivity contribution in [1.82, 2.24) is 9.29 Å². The zero-order chi connectivity index (χ0) is 16.3. The van der Waals surface area contributed by atoms with Gasteiger partial charge in [-0.3, -0.25) is 9.52 Å². The van der Waals surface area contributed by atoms with Gasteiger partial charge in [0.25, 0.3) is 5.91 Å². The van der Waals surface area contributed by atoms with Crippen molar-refractivity contribution in [2.45, 2.75) is 38.5 Å². The van der Waals surface area contributed by atoms with Gasteiger partial charge >= 0.3 is 0 Å². The summed E-state index contributed by atoms with van der Waals surface area (Å²) in [5.41, 5.74) is 0.794. The first-order valence-electron chi connectivity index (χ1n) is 7.16. The molecule has 0 saturated heterocycles. The number of amides is 1. The third kappa shape index (κ3) is 3.62. The molecule has 1 aromatic carbocycles. The van der Waals surface area contributed by atoms with E-state index in [1.165, 1.54) is 0 Å². The number of hydrogen-bond acceptors (Lipinski definition) is 3. The van der Waals surface area contributed by atoms with E-state index in [9.17, 15) is 13.2 Å². The van der Waals surface area contributed by atoms with Crippen molar-refractivity contribution >= 4 is 38.4 Å². The van der Waals surface area contributed by atoms with Gasteiger partial charge in [-0.1, -0.05) is 31.5 Å². The number of nitrogens with one attached hydrogen (secondary N) is 1. The van der Waals surface area contributed by atoms with Gasteiger partial charge in [0, 0.05) is 16.7 Å². The summed E-state index contributed by atoms with van der Waals surface area (Å²) in [4.78, 5) is 12.0. The zero-order valence-electron chi connectivity index (χ0n) is 12.5. The van der Waals surface area contributed by atoms with E-state index in [0.717, 1.165) is 10.9 Å². The number of aromatic nitrogens is 1. The first-order valence-corrected chi connectivity index (χ1v) is 9.08. The van der Waals surface area contributed by atoms with Crippen LogP contribution in [-0.4, -0.2) is 24.1 Å². The number of hydrogen-bond donors (Lipinski definition) is 1. The quantitative estimate of drug-likeness (QED) is 0.877. The fraction of sp³-hybridized carbons (Fsp3) is 0.400. The third-order valence-corrected chi connectivity index (χ3v) is 5.95. The van der Waals surface area contributed by atoms with Crippen LogP contribution in [0.5, 0.6) is 0 Å². The molecule has 1 amide bonds. The maximum absolute atomic E-state index is 12.1. The minimum Gasteiger partial charge on any atom is -0.338 e. The van der Waals surface area contributed by atoms with Crippen LogP contribution in [0.25, 0.3) is 10.9 Å². The van der Waals surface area contributed by atoms with Gasteiger partial charge in [-0.05, 0) is 36.4 Å². The molecule has 0 aliphatic carbocycles. The summed E-state index contributed by atoms with van der Waals surface area (Å²) < 4.78 is 28.0. The molecule has 0 fully saturated rings. The molecule has 2 aromatic rings. The number of halogens is 1. The molecule has 2 rings (SSSR count). The van der Waals surface area contributed by atoms with Crippen molar-refractivity contribution in [2.75, 3.05) is 0 Å². The Labute approximate surface area is 135 Å². The van der Waals surface area contributed by atoms with Crippen LogP contribution in [0.15, 0.2) is 30.5 Å².